The van der Waals surface area contributed by atoms with Crippen LogP contribution in [0, 0.1) is 5.92 Å². The largest absolute Gasteiger partial charge is 0.454 e. The highest BCUT2D eigenvalue weighted by Gasteiger charge is 2.30. The summed E-state index contributed by atoms with van der Waals surface area (Å²) in [6.45, 7) is 5.66. The van der Waals surface area contributed by atoms with Gasteiger partial charge in [0.05, 0.1) is 11.9 Å². The molecule has 0 spiro atoms. The number of hydrogen-bond donors (Lipinski definition) is 1. The van der Waals surface area contributed by atoms with Crippen LogP contribution in [0.4, 0.5) is 5.69 Å². The number of rotatable bonds is 10. The maximum absolute atomic E-state index is 13.5. The summed E-state index contributed by atoms with van der Waals surface area (Å²) in [4.78, 5) is 27.7. The van der Waals surface area contributed by atoms with Crippen molar-refractivity contribution in [2.45, 2.75) is 33.4 Å². The van der Waals surface area contributed by atoms with Crippen molar-refractivity contribution < 1.29 is 27.5 Å². The van der Waals surface area contributed by atoms with E-state index in [1.165, 1.54) is 11.0 Å². The van der Waals surface area contributed by atoms with Gasteiger partial charge in [-0.05, 0) is 42.7 Å². The second-order valence-electron chi connectivity index (χ2n) is 8.77. The Balaban J connectivity index is 1.88. The molecule has 11 heteroatoms. The molecule has 0 saturated heterocycles. The predicted molar refractivity (Wildman–Crippen MR) is 134 cm³/mol. The minimum Gasteiger partial charge on any atom is -0.454 e. The molecule has 2 amide bonds. The molecule has 1 N–H and O–H groups in total. The lowest BCUT2D eigenvalue weighted by Crippen LogP contribution is -2.51. The van der Waals surface area contributed by atoms with E-state index in [0.29, 0.717) is 23.1 Å². The highest BCUT2D eigenvalue weighted by atomic mass is 35.5. The molecule has 0 unspecified atom stereocenters. The highest BCUT2D eigenvalue weighted by Crippen LogP contribution is 2.36. The number of halogens is 1. The van der Waals surface area contributed by atoms with E-state index in [-0.39, 0.29) is 30.9 Å². The van der Waals surface area contributed by atoms with Crippen LogP contribution in [0.25, 0.3) is 0 Å². The Morgan fingerprint density at radius 3 is 2.34 bits per heavy atom. The molecule has 2 aromatic rings. The number of sulfonamides is 1. The summed E-state index contributed by atoms with van der Waals surface area (Å²) in [7, 11) is -3.84. The third-order valence-corrected chi connectivity index (χ3v) is 6.83. The number of carbonyl (C=O) groups is 2. The van der Waals surface area contributed by atoms with E-state index in [2.05, 4.69) is 5.32 Å². The quantitative estimate of drug-likeness (QED) is 0.513. The maximum Gasteiger partial charge on any atom is 0.244 e. The lowest BCUT2D eigenvalue weighted by Gasteiger charge is -2.31. The van der Waals surface area contributed by atoms with Crippen LogP contribution in [0.5, 0.6) is 11.5 Å². The monoisotopic (exact) mass is 523 g/mol. The zero-order valence-electron chi connectivity index (χ0n) is 20.2. The number of benzene rings is 2. The van der Waals surface area contributed by atoms with Gasteiger partial charge in [-0.3, -0.25) is 13.9 Å². The molecule has 1 heterocycles. The molecule has 0 aromatic heterocycles. The summed E-state index contributed by atoms with van der Waals surface area (Å²) < 4.78 is 37.0. The Hall–Kier alpha value is -2.98. The van der Waals surface area contributed by atoms with E-state index < -0.39 is 28.5 Å². The van der Waals surface area contributed by atoms with E-state index in [1.807, 2.05) is 13.8 Å². The van der Waals surface area contributed by atoms with Gasteiger partial charge in [0.25, 0.3) is 0 Å². The van der Waals surface area contributed by atoms with Gasteiger partial charge in [-0.2, -0.15) is 0 Å². The van der Waals surface area contributed by atoms with Crippen LogP contribution in [-0.2, 0) is 26.2 Å². The Morgan fingerprint density at radius 1 is 1.06 bits per heavy atom. The van der Waals surface area contributed by atoms with Crippen LogP contribution in [-0.4, -0.2) is 57.3 Å². The molecule has 3 rings (SSSR count). The van der Waals surface area contributed by atoms with Gasteiger partial charge in [-0.25, -0.2) is 8.42 Å². The van der Waals surface area contributed by atoms with Gasteiger partial charge < -0.3 is 19.7 Å². The van der Waals surface area contributed by atoms with Crippen LogP contribution in [0.2, 0.25) is 5.02 Å². The normalized spacial score (nSPS) is 13.4. The highest BCUT2D eigenvalue weighted by molar-refractivity contribution is 7.92. The van der Waals surface area contributed by atoms with Gasteiger partial charge in [-0.1, -0.05) is 37.6 Å². The minimum atomic E-state index is -3.84. The molecule has 0 radical (unpaired) electrons. The number of nitrogens with zero attached hydrogens (tertiary/aromatic N) is 2. The lowest BCUT2D eigenvalue weighted by atomic mass is 10.1. The summed E-state index contributed by atoms with van der Waals surface area (Å²) in [6, 6.07) is 10.7. The molecular weight excluding hydrogens is 494 g/mol. The standard InChI is InChI=1S/C24H30ClN3O6S/c1-16(2)12-26-24(30)17(3)27(13-18-5-7-19(25)8-6-18)23(29)14-28(35(4,31)32)20-9-10-21-22(11-20)34-15-33-21/h5-11,16-17H,12-15H2,1-4H3,(H,26,30)/t17-/m0/s1. The minimum absolute atomic E-state index is 0.0362. The van der Waals surface area contributed by atoms with Crippen molar-refractivity contribution in [1.29, 1.82) is 0 Å². The average molecular weight is 524 g/mol. The predicted octanol–water partition coefficient (Wildman–Crippen LogP) is 3.02. The molecule has 0 aliphatic carbocycles. The summed E-state index contributed by atoms with van der Waals surface area (Å²) in [6.07, 6.45) is 1.02. The fraction of sp³-hybridized carbons (Fsp3) is 0.417. The second kappa shape index (κ2) is 11.2. The molecule has 0 fully saturated rings. The van der Waals surface area contributed by atoms with E-state index in [9.17, 15) is 18.0 Å². The Labute approximate surface area is 211 Å². The van der Waals surface area contributed by atoms with Crippen molar-refractivity contribution in [3.8, 4) is 11.5 Å². The van der Waals surface area contributed by atoms with Crippen molar-refractivity contribution in [1.82, 2.24) is 10.2 Å². The van der Waals surface area contributed by atoms with E-state index in [1.54, 1.807) is 43.3 Å². The van der Waals surface area contributed by atoms with E-state index in [4.69, 9.17) is 21.1 Å². The molecule has 1 atom stereocenters. The smallest absolute Gasteiger partial charge is 0.244 e. The molecule has 1 aliphatic heterocycles. The van der Waals surface area contributed by atoms with Gasteiger partial charge in [-0.15, -0.1) is 0 Å². The van der Waals surface area contributed by atoms with Gasteiger partial charge in [0.15, 0.2) is 11.5 Å². The zero-order valence-corrected chi connectivity index (χ0v) is 21.7. The van der Waals surface area contributed by atoms with Crippen LogP contribution in [0.1, 0.15) is 26.3 Å². The average Bonchev–Trinajstić information content (AvgIpc) is 3.27. The molecule has 0 saturated carbocycles. The van der Waals surface area contributed by atoms with Crippen molar-refractivity contribution in [3.05, 3.63) is 53.1 Å². The van der Waals surface area contributed by atoms with E-state index in [0.717, 1.165) is 16.1 Å². The molecule has 2 aromatic carbocycles. The van der Waals surface area contributed by atoms with Crippen molar-refractivity contribution >= 4 is 39.1 Å². The number of ether oxygens (including phenoxy) is 2. The fourth-order valence-electron chi connectivity index (χ4n) is 3.48. The fourth-order valence-corrected chi connectivity index (χ4v) is 4.44. The molecule has 190 valence electrons. The first-order chi connectivity index (χ1) is 16.5. The summed E-state index contributed by atoms with van der Waals surface area (Å²) in [5.74, 6) is 0.264. The van der Waals surface area contributed by atoms with Gasteiger partial charge in [0.2, 0.25) is 28.6 Å². The number of fused-ring (bicyclic) bond motifs is 1. The SMILES string of the molecule is CC(C)CNC(=O)[C@H](C)N(Cc1ccc(Cl)cc1)C(=O)CN(c1ccc2c(c1)OCO2)S(C)(=O)=O. The Kier molecular flexibility index (Phi) is 8.50. The van der Waals surface area contributed by atoms with Crippen LogP contribution >= 0.6 is 11.6 Å². The number of nitrogens with one attached hydrogen (secondary N) is 1. The maximum atomic E-state index is 13.5. The Morgan fingerprint density at radius 2 is 1.71 bits per heavy atom. The number of amides is 2. The van der Waals surface area contributed by atoms with Crippen LogP contribution in [0.3, 0.4) is 0 Å². The number of carbonyl (C=O) groups excluding carboxylic acids is 2. The van der Waals surface area contributed by atoms with Crippen LogP contribution in [0.15, 0.2) is 42.5 Å². The zero-order chi connectivity index (χ0) is 25.8. The van der Waals surface area contributed by atoms with Crippen molar-refractivity contribution in [2.75, 3.05) is 30.4 Å². The summed E-state index contributed by atoms with van der Waals surface area (Å²) in [5, 5.41) is 3.38. The third-order valence-electron chi connectivity index (χ3n) is 5.44. The van der Waals surface area contributed by atoms with Crippen molar-refractivity contribution in [3.63, 3.8) is 0 Å². The second-order valence-corrected chi connectivity index (χ2v) is 11.1. The van der Waals surface area contributed by atoms with E-state index >= 15 is 0 Å². The summed E-state index contributed by atoms with van der Waals surface area (Å²) in [5.41, 5.74) is 1.01. The molecular formula is C24H30ClN3O6S. The first kappa shape index (κ1) is 26.6. The third kappa shape index (κ3) is 7.02. The topological polar surface area (TPSA) is 105 Å². The number of hydrogen-bond acceptors (Lipinski definition) is 6. The molecule has 35 heavy (non-hydrogen) atoms. The van der Waals surface area contributed by atoms with Crippen molar-refractivity contribution in [2.24, 2.45) is 5.92 Å². The molecule has 0 bridgehead atoms. The first-order valence-corrected chi connectivity index (χ1v) is 13.4. The Bertz CT molecular complexity index is 1170. The van der Waals surface area contributed by atoms with Gasteiger partial charge in [0.1, 0.15) is 12.6 Å². The van der Waals surface area contributed by atoms with Crippen LogP contribution < -0.4 is 19.1 Å². The summed E-state index contributed by atoms with van der Waals surface area (Å²) >= 11 is 5.98. The van der Waals surface area contributed by atoms with Gasteiger partial charge in [0, 0.05) is 24.2 Å². The number of anilines is 1. The molecule has 1 aliphatic rings. The van der Waals surface area contributed by atoms with Gasteiger partial charge >= 0.3 is 0 Å². The molecule has 9 nitrogen and oxygen atoms in total. The first-order valence-electron chi connectivity index (χ1n) is 11.1. The lowest BCUT2D eigenvalue weighted by molar-refractivity contribution is -0.139.